The second-order valence-corrected chi connectivity index (χ2v) is 5.55. The molecule has 0 aliphatic carbocycles. The van der Waals surface area contributed by atoms with Gasteiger partial charge >= 0.3 is 5.69 Å². The number of aromatic amines is 1. The van der Waals surface area contributed by atoms with Gasteiger partial charge in [0.2, 0.25) is 0 Å². The molecule has 1 saturated heterocycles. The molecule has 1 aromatic carbocycles. The Morgan fingerprint density at radius 2 is 1.84 bits per heavy atom. The average molecular weight is 344 g/mol. The van der Waals surface area contributed by atoms with E-state index in [0.29, 0.717) is 5.56 Å². The van der Waals surface area contributed by atoms with E-state index in [9.17, 15) is 19.8 Å². The summed E-state index contributed by atoms with van der Waals surface area (Å²) in [4.78, 5) is 26.1. The molecule has 8 nitrogen and oxygen atoms in total. The Morgan fingerprint density at radius 3 is 2.48 bits per heavy atom. The van der Waals surface area contributed by atoms with E-state index in [1.807, 2.05) is 6.07 Å². The highest BCUT2D eigenvalue weighted by Crippen LogP contribution is 2.27. The van der Waals surface area contributed by atoms with Gasteiger partial charge in [-0.05, 0) is 12.1 Å². The maximum absolute atomic E-state index is 12.0. The zero-order valence-electron chi connectivity index (χ0n) is 13.0. The van der Waals surface area contributed by atoms with E-state index in [0.717, 1.165) is 10.8 Å². The molecule has 2 aromatic rings. The Bertz CT molecular complexity index is 924. The molecule has 0 amide bonds. The molecule has 1 aliphatic rings. The van der Waals surface area contributed by atoms with E-state index in [4.69, 9.17) is 9.84 Å². The van der Waals surface area contributed by atoms with Crippen LogP contribution in [0, 0.1) is 11.8 Å². The Hall–Kier alpha value is -2.70. The molecule has 1 aromatic heterocycles. The first-order valence-electron chi connectivity index (χ1n) is 7.56. The summed E-state index contributed by atoms with van der Waals surface area (Å²) in [6.45, 7) is -0.520. The van der Waals surface area contributed by atoms with Crippen LogP contribution in [0.5, 0.6) is 0 Å². The summed E-state index contributed by atoms with van der Waals surface area (Å²) in [5, 5.41) is 29.0. The molecule has 1 fully saturated rings. The normalized spacial score (nSPS) is 25.4. The third-order valence-electron chi connectivity index (χ3n) is 3.87. The zero-order valence-corrected chi connectivity index (χ0v) is 13.0. The molecular weight excluding hydrogens is 328 g/mol. The van der Waals surface area contributed by atoms with Gasteiger partial charge in [0.15, 0.2) is 6.23 Å². The Kier molecular flexibility index (Phi) is 4.83. The van der Waals surface area contributed by atoms with Crippen molar-refractivity contribution >= 4 is 0 Å². The highest BCUT2D eigenvalue weighted by Gasteiger charge is 2.43. The van der Waals surface area contributed by atoms with Crippen molar-refractivity contribution in [1.82, 2.24) is 9.55 Å². The average Bonchev–Trinajstić information content (AvgIpc) is 2.90. The van der Waals surface area contributed by atoms with Gasteiger partial charge in [0.05, 0.1) is 6.61 Å². The van der Waals surface area contributed by atoms with Crippen LogP contribution in [0.15, 0.2) is 46.1 Å². The van der Waals surface area contributed by atoms with Crippen molar-refractivity contribution in [1.29, 1.82) is 0 Å². The maximum atomic E-state index is 12.0. The molecule has 3 rings (SSSR count). The summed E-state index contributed by atoms with van der Waals surface area (Å²) in [6, 6.07) is 8.97. The number of nitrogens with zero attached hydrogens (tertiary/aromatic N) is 1. The molecule has 0 bridgehead atoms. The monoisotopic (exact) mass is 344 g/mol. The van der Waals surface area contributed by atoms with Crippen molar-refractivity contribution in [3.8, 4) is 11.8 Å². The fraction of sp³-hybridized carbons (Fsp3) is 0.294. The number of aliphatic hydroxyl groups excluding tert-OH is 3. The largest absolute Gasteiger partial charge is 0.394 e. The molecule has 0 unspecified atom stereocenters. The van der Waals surface area contributed by atoms with E-state index in [1.165, 1.54) is 0 Å². The van der Waals surface area contributed by atoms with Crippen molar-refractivity contribution in [2.24, 2.45) is 0 Å². The molecule has 2 heterocycles. The van der Waals surface area contributed by atoms with Crippen LogP contribution in [-0.2, 0) is 4.74 Å². The number of H-pyrrole nitrogens is 1. The van der Waals surface area contributed by atoms with Gasteiger partial charge < -0.3 is 20.1 Å². The van der Waals surface area contributed by atoms with Crippen LogP contribution < -0.4 is 11.2 Å². The van der Waals surface area contributed by atoms with Crippen LogP contribution in [0.2, 0.25) is 0 Å². The number of rotatable bonds is 2. The molecule has 4 N–H and O–H groups in total. The molecule has 1 aliphatic heterocycles. The Balaban J connectivity index is 1.99. The summed E-state index contributed by atoms with van der Waals surface area (Å²) in [6.07, 6.45) is -3.90. The molecule has 130 valence electrons. The van der Waals surface area contributed by atoms with Gasteiger partial charge in [0, 0.05) is 11.8 Å². The molecule has 4 atom stereocenters. The third kappa shape index (κ3) is 3.40. The molecule has 0 saturated carbocycles. The number of benzene rings is 1. The number of hydrogen-bond acceptors (Lipinski definition) is 6. The number of ether oxygens (including phenoxy) is 1. The zero-order chi connectivity index (χ0) is 18.0. The van der Waals surface area contributed by atoms with Crippen LogP contribution >= 0.6 is 0 Å². The van der Waals surface area contributed by atoms with Crippen LogP contribution in [0.4, 0.5) is 0 Å². The SMILES string of the molecule is O=c1[nH]c(=O)n([C@@H]2O[C@H](CO)[C@@H](O)[C@H]2O)cc1C#Cc1ccccc1. The van der Waals surface area contributed by atoms with E-state index >= 15 is 0 Å². The second-order valence-electron chi connectivity index (χ2n) is 5.55. The summed E-state index contributed by atoms with van der Waals surface area (Å²) in [5.74, 6) is 5.47. The third-order valence-corrected chi connectivity index (χ3v) is 3.87. The molecule has 8 heteroatoms. The highest BCUT2D eigenvalue weighted by atomic mass is 16.6. The fourth-order valence-electron chi connectivity index (χ4n) is 2.53. The second kappa shape index (κ2) is 7.04. The van der Waals surface area contributed by atoms with Crippen molar-refractivity contribution in [2.45, 2.75) is 24.5 Å². The number of nitrogens with one attached hydrogen (secondary N) is 1. The van der Waals surface area contributed by atoms with Gasteiger partial charge in [0.25, 0.3) is 5.56 Å². The first kappa shape index (κ1) is 17.1. The minimum Gasteiger partial charge on any atom is -0.394 e. The van der Waals surface area contributed by atoms with Gasteiger partial charge in [-0.25, -0.2) is 4.79 Å². The number of aliphatic hydroxyl groups is 3. The van der Waals surface area contributed by atoms with Crippen LogP contribution in [-0.4, -0.2) is 49.8 Å². The molecule has 0 spiro atoms. The first-order valence-corrected chi connectivity index (χ1v) is 7.56. The fourth-order valence-corrected chi connectivity index (χ4v) is 2.53. The highest BCUT2D eigenvalue weighted by molar-refractivity contribution is 5.40. The first-order chi connectivity index (χ1) is 12.0. The van der Waals surface area contributed by atoms with Crippen LogP contribution in [0.3, 0.4) is 0 Å². The Morgan fingerprint density at radius 1 is 1.12 bits per heavy atom. The summed E-state index contributed by atoms with van der Waals surface area (Å²) in [5.41, 5.74) is -0.796. The predicted molar refractivity (Wildman–Crippen MR) is 86.8 cm³/mol. The van der Waals surface area contributed by atoms with Crippen molar-refractivity contribution in [3.63, 3.8) is 0 Å². The maximum Gasteiger partial charge on any atom is 0.330 e. The van der Waals surface area contributed by atoms with Gasteiger partial charge in [-0.2, -0.15) is 0 Å². The van der Waals surface area contributed by atoms with Crippen molar-refractivity contribution in [3.05, 3.63) is 68.5 Å². The quantitative estimate of drug-likeness (QED) is 0.494. The lowest BCUT2D eigenvalue weighted by Gasteiger charge is -2.17. The summed E-state index contributed by atoms with van der Waals surface area (Å²) in [7, 11) is 0. The molecule has 0 radical (unpaired) electrons. The van der Waals surface area contributed by atoms with Gasteiger partial charge in [-0.3, -0.25) is 14.3 Å². The van der Waals surface area contributed by atoms with Gasteiger partial charge in [-0.1, -0.05) is 30.0 Å². The lowest BCUT2D eigenvalue weighted by atomic mass is 10.1. The van der Waals surface area contributed by atoms with E-state index < -0.39 is 42.4 Å². The van der Waals surface area contributed by atoms with E-state index in [2.05, 4.69) is 16.8 Å². The van der Waals surface area contributed by atoms with E-state index in [1.54, 1.807) is 24.3 Å². The summed E-state index contributed by atoms with van der Waals surface area (Å²) >= 11 is 0. The molecular formula is C17H16N2O6. The van der Waals surface area contributed by atoms with Crippen molar-refractivity contribution in [2.75, 3.05) is 6.61 Å². The predicted octanol–water partition coefficient (Wildman–Crippen LogP) is -1.45. The van der Waals surface area contributed by atoms with Crippen LogP contribution in [0.25, 0.3) is 0 Å². The minimum absolute atomic E-state index is 0.00110. The summed E-state index contributed by atoms with van der Waals surface area (Å²) < 4.78 is 6.25. The topological polar surface area (TPSA) is 125 Å². The number of hydrogen-bond donors (Lipinski definition) is 4. The van der Waals surface area contributed by atoms with Crippen LogP contribution in [0.1, 0.15) is 17.4 Å². The van der Waals surface area contributed by atoms with Gasteiger partial charge in [-0.15, -0.1) is 0 Å². The van der Waals surface area contributed by atoms with E-state index in [-0.39, 0.29) is 5.56 Å². The lowest BCUT2D eigenvalue weighted by Crippen LogP contribution is -2.38. The van der Waals surface area contributed by atoms with Gasteiger partial charge in [0.1, 0.15) is 23.9 Å². The lowest BCUT2D eigenvalue weighted by molar-refractivity contribution is -0.0550. The number of aromatic nitrogens is 2. The Labute approximate surface area is 142 Å². The minimum atomic E-state index is -1.43. The standard InChI is InChI=1S/C17H16N2O6/c20-9-12-13(21)14(22)16(25-12)19-8-11(15(23)18-17(19)24)7-6-10-4-2-1-3-5-10/h1-5,8,12-14,16,20-22H,9H2,(H,18,23,24)/t12-,13-,14-,16-/m1/s1. The molecule has 25 heavy (non-hydrogen) atoms. The smallest absolute Gasteiger partial charge is 0.330 e. The van der Waals surface area contributed by atoms with Crippen molar-refractivity contribution < 1.29 is 20.1 Å².